The molecule has 5 nitrogen and oxygen atoms in total. The summed E-state index contributed by atoms with van der Waals surface area (Å²) in [6.45, 7) is 2.09. The number of benzene rings is 1. The van der Waals surface area contributed by atoms with Crippen molar-refractivity contribution in [3.05, 3.63) is 23.3 Å². The third kappa shape index (κ3) is 1.55. The van der Waals surface area contributed by atoms with Gasteiger partial charge in [-0.25, -0.2) is 0 Å². The normalized spacial score (nSPS) is 45.2. The van der Waals surface area contributed by atoms with E-state index < -0.39 is 17.1 Å². The van der Waals surface area contributed by atoms with Crippen molar-refractivity contribution in [2.24, 2.45) is 5.92 Å². The lowest BCUT2D eigenvalue weighted by atomic mass is 9.48. The van der Waals surface area contributed by atoms with Crippen molar-refractivity contribution in [2.75, 3.05) is 20.1 Å². The van der Waals surface area contributed by atoms with Gasteiger partial charge in [-0.1, -0.05) is 6.07 Å². The Kier molecular flexibility index (Phi) is 2.65. The quantitative estimate of drug-likeness (QED) is 0.791. The smallest absolute Gasteiger partial charge is 0.174 e. The molecular weight excluding hydrogens is 330 g/mol. The van der Waals surface area contributed by atoms with Crippen molar-refractivity contribution in [1.29, 1.82) is 0 Å². The molecule has 6 rings (SSSR count). The van der Waals surface area contributed by atoms with Gasteiger partial charge in [0.05, 0.1) is 25.6 Å². The third-order valence-electron chi connectivity index (χ3n) is 8.28. The fourth-order valence-corrected chi connectivity index (χ4v) is 6.94. The number of hydrogen-bond acceptors (Lipinski definition) is 4. The number of carbonyl (C=O) groups is 1. The molecule has 5 heteroatoms. The number of carbonyl (C=O) groups excluding carboxylic acids is 1. The van der Waals surface area contributed by atoms with Gasteiger partial charge >= 0.3 is 0 Å². The first-order valence-electron chi connectivity index (χ1n) is 10.0. The van der Waals surface area contributed by atoms with Gasteiger partial charge < -0.3 is 19.4 Å². The fraction of sp³-hybridized carbons (Fsp3) is 0.667. The largest absolute Gasteiger partial charge is 0.504 e. The molecule has 138 valence electrons. The predicted octanol–water partition coefficient (Wildman–Crippen LogP) is 1.67. The Hall–Kier alpha value is -1.59. The van der Waals surface area contributed by atoms with Crippen LogP contribution in [0.2, 0.25) is 0 Å². The maximum Gasteiger partial charge on any atom is 0.174 e. The summed E-state index contributed by atoms with van der Waals surface area (Å²) in [5.74, 6) is 1.42. The molecule has 2 N–H and O–H groups in total. The fourth-order valence-electron chi connectivity index (χ4n) is 6.94. The number of piperidine rings is 1. The molecule has 5 atom stereocenters. The van der Waals surface area contributed by atoms with Gasteiger partial charge in [-0.2, -0.15) is 0 Å². The van der Waals surface area contributed by atoms with Crippen LogP contribution in [0.15, 0.2) is 12.1 Å². The van der Waals surface area contributed by atoms with E-state index in [0.29, 0.717) is 18.6 Å². The maximum atomic E-state index is 12.8. The Morgan fingerprint density at radius 2 is 2.12 bits per heavy atom. The molecule has 2 heterocycles. The number of Topliss-reactive ketones (excluding diaryl/α,β-unsaturated/α-hetero) is 1. The van der Waals surface area contributed by atoms with Crippen LogP contribution in [0.5, 0.6) is 11.5 Å². The molecule has 3 aliphatic carbocycles. The lowest BCUT2D eigenvalue weighted by Gasteiger charge is -2.64. The van der Waals surface area contributed by atoms with Gasteiger partial charge in [0.2, 0.25) is 0 Å². The number of phenolic OH excluding ortho intramolecular Hbond substituents is 1. The molecular formula is C21H26NO4+. The Morgan fingerprint density at radius 1 is 1.31 bits per heavy atom. The molecule has 1 spiro atoms. The molecule has 2 bridgehead atoms. The predicted molar refractivity (Wildman–Crippen MR) is 94.1 cm³/mol. The lowest BCUT2D eigenvalue weighted by molar-refractivity contribution is -0.950. The van der Waals surface area contributed by atoms with Crippen molar-refractivity contribution in [2.45, 2.75) is 61.7 Å². The average Bonchev–Trinajstić information content (AvgIpc) is 3.32. The molecule has 1 aromatic carbocycles. The molecule has 5 aliphatic rings. The van der Waals surface area contributed by atoms with Gasteiger partial charge in [-0.05, 0) is 30.9 Å². The van der Waals surface area contributed by atoms with Crippen LogP contribution in [0.1, 0.15) is 43.2 Å². The minimum atomic E-state index is -0.931. The lowest BCUT2D eigenvalue weighted by Crippen LogP contribution is -2.80. The van der Waals surface area contributed by atoms with E-state index in [2.05, 4.69) is 7.05 Å². The molecule has 1 unspecified atom stereocenters. The number of likely N-dealkylation sites (N-methyl/N-ethyl adjacent to an activating group) is 1. The Bertz CT molecular complexity index is 849. The third-order valence-corrected chi connectivity index (χ3v) is 8.28. The second-order valence-electron chi connectivity index (χ2n) is 9.61. The summed E-state index contributed by atoms with van der Waals surface area (Å²) in [4.78, 5) is 12.8. The van der Waals surface area contributed by atoms with Gasteiger partial charge in [-0.15, -0.1) is 0 Å². The molecule has 0 amide bonds. The summed E-state index contributed by atoms with van der Waals surface area (Å²) in [7, 11) is 2.31. The summed E-state index contributed by atoms with van der Waals surface area (Å²) in [6, 6.07) is 3.77. The van der Waals surface area contributed by atoms with E-state index in [0.717, 1.165) is 47.5 Å². The standard InChI is InChI=1S/C21H25NO4/c1-22(11-12-2-3-12)9-8-20-17-13-4-5-14(23)18(17)26-19(20)15(24)6-7-21(20,25)16(22)10-13/h4-5,12,16,19,25H,2-3,6-11H2,1H3/p+1/t16?,19-,20-,21+,22-/m0/s1. The first-order valence-corrected chi connectivity index (χ1v) is 10.0. The van der Waals surface area contributed by atoms with E-state index in [-0.39, 0.29) is 17.6 Å². The molecule has 2 saturated carbocycles. The number of hydrogen-bond donors (Lipinski definition) is 2. The highest BCUT2D eigenvalue weighted by atomic mass is 16.5. The number of aliphatic hydroxyl groups is 1. The second kappa shape index (κ2) is 4.45. The van der Waals surface area contributed by atoms with Gasteiger partial charge in [0.1, 0.15) is 11.6 Å². The van der Waals surface area contributed by atoms with E-state index in [4.69, 9.17) is 4.74 Å². The molecule has 3 fully saturated rings. The van der Waals surface area contributed by atoms with Crippen LogP contribution in [0.25, 0.3) is 0 Å². The monoisotopic (exact) mass is 356 g/mol. The zero-order valence-corrected chi connectivity index (χ0v) is 15.2. The van der Waals surface area contributed by atoms with Gasteiger partial charge in [0.15, 0.2) is 23.4 Å². The Morgan fingerprint density at radius 3 is 2.88 bits per heavy atom. The van der Waals surface area contributed by atoms with E-state index >= 15 is 0 Å². The van der Waals surface area contributed by atoms with Crippen LogP contribution < -0.4 is 4.74 Å². The van der Waals surface area contributed by atoms with Gasteiger partial charge in [0, 0.05) is 30.7 Å². The van der Waals surface area contributed by atoms with E-state index in [1.165, 1.54) is 12.8 Å². The molecule has 26 heavy (non-hydrogen) atoms. The zero-order valence-electron chi connectivity index (χ0n) is 15.2. The second-order valence-corrected chi connectivity index (χ2v) is 9.61. The zero-order chi connectivity index (χ0) is 17.9. The summed E-state index contributed by atoms with van der Waals surface area (Å²) in [6.07, 6.45) is 4.42. The van der Waals surface area contributed by atoms with Gasteiger partial charge in [-0.3, -0.25) is 4.79 Å². The van der Waals surface area contributed by atoms with Crippen LogP contribution in [-0.4, -0.2) is 58.4 Å². The number of rotatable bonds is 2. The van der Waals surface area contributed by atoms with Crippen molar-refractivity contribution >= 4 is 5.78 Å². The summed E-state index contributed by atoms with van der Waals surface area (Å²) in [5, 5.41) is 22.5. The molecule has 0 radical (unpaired) electrons. The molecule has 1 aromatic rings. The first kappa shape index (κ1) is 15.5. The first-order chi connectivity index (χ1) is 12.4. The van der Waals surface area contributed by atoms with Gasteiger partial charge in [0.25, 0.3) is 0 Å². The summed E-state index contributed by atoms with van der Waals surface area (Å²) >= 11 is 0. The summed E-state index contributed by atoms with van der Waals surface area (Å²) in [5.41, 5.74) is 0.492. The minimum absolute atomic E-state index is 0.0789. The van der Waals surface area contributed by atoms with E-state index in [1.54, 1.807) is 6.07 Å². The minimum Gasteiger partial charge on any atom is -0.504 e. The molecule has 2 aliphatic heterocycles. The summed E-state index contributed by atoms with van der Waals surface area (Å²) < 4.78 is 6.98. The highest BCUT2D eigenvalue weighted by Crippen LogP contribution is 2.65. The van der Waals surface area contributed by atoms with E-state index in [9.17, 15) is 15.0 Å². The average molecular weight is 356 g/mol. The van der Waals surface area contributed by atoms with Crippen molar-refractivity contribution < 1.29 is 24.2 Å². The number of ether oxygens (including phenoxy) is 1. The highest BCUT2D eigenvalue weighted by Gasteiger charge is 2.76. The number of nitrogens with zero attached hydrogens (tertiary/aromatic N) is 1. The molecule has 1 saturated heterocycles. The Balaban J connectivity index is 1.60. The maximum absolute atomic E-state index is 12.8. The number of likely N-dealkylation sites (tertiary alicyclic amines) is 1. The Labute approximate surface area is 153 Å². The van der Waals surface area contributed by atoms with Crippen LogP contribution in [-0.2, 0) is 16.6 Å². The highest BCUT2D eigenvalue weighted by molar-refractivity contribution is 5.90. The number of phenols is 1. The van der Waals surface area contributed by atoms with Crippen molar-refractivity contribution in [3.8, 4) is 11.5 Å². The number of quaternary nitrogens is 1. The van der Waals surface area contributed by atoms with E-state index in [1.807, 2.05) is 6.07 Å². The van der Waals surface area contributed by atoms with Crippen LogP contribution in [0, 0.1) is 5.92 Å². The number of ketones is 1. The SMILES string of the molecule is C[N@@+]1(CC2CC2)CC[C@]23c4c5ccc(O)c4O[C@H]2C(=O)CC[C@@]3(O)C1C5. The topological polar surface area (TPSA) is 66.8 Å². The van der Waals surface area contributed by atoms with Crippen molar-refractivity contribution in [3.63, 3.8) is 0 Å². The van der Waals surface area contributed by atoms with Crippen LogP contribution >= 0.6 is 0 Å². The number of aromatic hydroxyl groups is 1. The van der Waals surface area contributed by atoms with Crippen LogP contribution in [0.4, 0.5) is 0 Å². The van der Waals surface area contributed by atoms with Crippen LogP contribution in [0.3, 0.4) is 0 Å². The van der Waals surface area contributed by atoms with Crippen molar-refractivity contribution in [1.82, 2.24) is 0 Å². The molecule has 0 aromatic heterocycles.